The van der Waals surface area contributed by atoms with Crippen molar-refractivity contribution in [3.63, 3.8) is 0 Å². The van der Waals surface area contributed by atoms with Gasteiger partial charge in [0.1, 0.15) is 13.2 Å². The van der Waals surface area contributed by atoms with Gasteiger partial charge in [0, 0.05) is 19.3 Å². The molecular formula is C60H116O6. The van der Waals surface area contributed by atoms with Crippen LogP contribution in [0.1, 0.15) is 342 Å². The molecular weight excluding hydrogens is 817 g/mol. The summed E-state index contributed by atoms with van der Waals surface area (Å²) in [4.78, 5) is 38.2. The van der Waals surface area contributed by atoms with Crippen LogP contribution in [0.25, 0.3) is 0 Å². The molecule has 0 bridgehead atoms. The number of carbonyl (C=O) groups is 3. The van der Waals surface area contributed by atoms with Crippen LogP contribution in [0.3, 0.4) is 0 Å². The van der Waals surface area contributed by atoms with E-state index in [1.54, 1.807) is 0 Å². The molecule has 0 amide bonds. The van der Waals surface area contributed by atoms with Gasteiger partial charge in [-0.3, -0.25) is 14.4 Å². The smallest absolute Gasteiger partial charge is 0.306 e. The predicted molar refractivity (Wildman–Crippen MR) is 284 cm³/mol. The van der Waals surface area contributed by atoms with E-state index < -0.39 is 6.10 Å². The third kappa shape index (κ3) is 53.4. The molecule has 66 heavy (non-hydrogen) atoms. The van der Waals surface area contributed by atoms with E-state index in [4.69, 9.17) is 14.2 Å². The Morgan fingerprint density at radius 3 is 0.742 bits per heavy atom. The van der Waals surface area contributed by atoms with Crippen molar-refractivity contribution in [1.29, 1.82) is 0 Å². The molecule has 1 atom stereocenters. The normalized spacial score (nSPS) is 12.0. The molecule has 392 valence electrons. The summed E-state index contributed by atoms with van der Waals surface area (Å²) in [6.07, 6.45) is 59.6. The van der Waals surface area contributed by atoms with Crippen LogP contribution in [0.2, 0.25) is 0 Å². The number of esters is 3. The maximum Gasteiger partial charge on any atom is 0.306 e. The van der Waals surface area contributed by atoms with Crippen molar-refractivity contribution in [2.75, 3.05) is 13.2 Å². The van der Waals surface area contributed by atoms with Crippen LogP contribution < -0.4 is 0 Å². The Morgan fingerprint density at radius 1 is 0.288 bits per heavy atom. The van der Waals surface area contributed by atoms with Crippen molar-refractivity contribution in [1.82, 2.24) is 0 Å². The van der Waals surface area contributed by atoms with Gasteiger partial charge in [-0.05, 0) is 25.2 Å². The second kappa shape index (κ2) is 54.4. The molecule has 0 fully saturated rings. The molecule has 0 aliphatic carbocycles. The molecule has 0 saturated heterocycles. The summed E-state index contributed by atoms with van der Waals surface area (Å²) >= 11 is 0. The Balaban J connectivity index is 4.26. The first-order chi connectivity index (χ1) is 32.4. The lowest BCUT2D eigenvalue weighted by molar-refractivity contribution is -0.167. The third-order valence-corrected chi connectivity index (χ3v) is 13.8. The minimum atomic E-state index is -0.762. The highest BCUT2D eigenvalue weighted by atomic mass is 16.6. The topological polar surface area (TPSA) is 78.9 Å². The molecule has 6 heteroatoms. The minimum absolute atomic E-state index is 0.0620. The van der Waals surface area contributed by atoms with Crippen molar-refractivity contribution in [2.45, 2.75) is 348 Å². The van der Waals surface area contributed by atoms with Crippen LogP contribution in [-0.2, 0) is 28.6 Å². The first-order valence-electron chi connectivity index (χ1n) is 29.9. The Kier molecular flexibility index (Phi) is 53.0. The van der Waals surface area contributed by atoms with Crippen molar-refractivity contribution in [3.05, 3.63) is 0 Å². The van der Waals surface area contributed by atoms with Gasteiger partial charge in [-0.2, -0.15) is 0 Å². The fraction of sp³-hybridized carbons (Fsp3) is 0.950. The van der Waals surface area contributed by atoms with Gasteiger partial charge in [-0.1, -0.05) is 304 Å². The quantitative estimate of drug-likeness (QED) is 0.0343. The lowest BCUT2D eigenvalue weighted by Gasteiger charge is -2.18. The summed E-state index contributed by atoms with van der Waals surface area (Å²) in [5, 5.41) is 0. The summed E-state index contributed by atoms with van der Waals surface area (Å²) in [6, 6.07) is 0. The molecule has 0 heterocycles. The maximum absolute atomic E-state index is 12.9. The second-order valence-electron chi connectivity index (χ2n) is 21.1. The van der Waals surface area contributed by atoms with Gasteiger partial charge in [-0.15, -0.1) is 0 Å². The first kappa shape index (κ1) is 64.4. The van der Waals surface area contributed by atoms with Gasteiger partial charge in [0.05, 0.1) is 0 Å². The number of unbranched alkanes of at least 4 members (excludes halogenated alkanes) is 42. The average molecular weight is 934 g/mol. The van der Waals surface area contributed by atoms with Gasteiger partial charge in [0.2, 0.25) is 0 Å². The van der Waals surface area contributed by atoms with Crippen LogP contribution in [0, 0.1) is 5.92 Å². The number of rotatable bonds is 55. The van der Waals surface area contributed by atoms with Crippen LogP contribution in [0.5, 0.6) is 0 Å². The van der Waals surface area contributed by atoms with E-state index in [1.165, 1.54) is 238 Å². The molecule has 0 saturated carbocycles. The fourth-order valence-electron chi connectivity index (χ4n) is 9.28. The summed E-state index contributed by atoms with van der Waals surface area (Å²) < 4.78 is 16.9. The van der Waals surface area contributed by atoms with Gasteiger partial charge in [-0.25, -0.2) is 0 Å². The minimum Gasteiger partial charge on any atom is -0.462 e. The largest absolute Gasteiger partial charge is 0.462 e. The van der Waals surface area contributed by atoms with Gasteiger partial charge >= 0.3 is 17.9 Å². The molecule has 0 radical (unpaired) electrons. The van der Waals surface area contributed by atoms with E-state index >= 15 is 0 Å². The van der Waals surface area contributed by atoms with Crippen LogP contribution in [-0.4, -0.2) is 37.2 Å². The van der Waals surface area contributed by atoms with E-state index in [2.05, 4.69) is 27.7 Å². The van der Waals surface area contributed by atoms with Crippen LogP contribution in [0.4, 0.5) is 0 Å². The van der Waals surface area contributed by atoms with Crippen molar-refractivity contribution >= 4 is 17.9 Å². The molecule has 0 aliphatic heterocycles. The zero-order valence-electron chi connectivity index (χ0n) is 45.2. The van der Waals surface area contributed by atoms with Crippen molar-refractivity contribution in [3.8, 4) is 0 Å². The standard InChI is InChI=1S/C60H116O6/c1-5-7-9-11-13-15-17-19-21-23-24-26-28-30-32-36-41-45-49-53-60(63)66-57(55-65-59(62)52-48-44-40-37-33-34-38-42-46-50-56(3)4)54-64-58(61)51-47-43-39-35-31-29-27-25-22-20-18-16-14-12-10-8-6-2/h56-57H,5-55H2,1-4H3/t57-/m1/s1. The van der Waals surface area contributed by atoms with E-state index in [0.717, 1.165) is 63.7 Å². The number of hydrogen-bond donors (Lipinski definition) is 0. The number of ether oxygens (including phenoxy) is 3. The van der Waals surface area contributed by atoms with Crippen molar-refractivity contribution < 1.29 is 28.6 Å². The molecule has 0 aromatic heterocycles. The van der Waals surface area contributed by atoms with E-state index in [0.29, 0.717) is 19.3 Å². The molecule has 0 N–H and O–H groups in total. The zero-order chi connectivity index (χ0) is 48.1. The van der Waals surface area contributed by atoms with Gasteiger partial charge in [0.25, 0.3) is 0 Å². The molecule has 0 rings (SSSR count). The Bertz CT molecular complexity index is 996. The number of carbonyl (C=O) groups excluding carboxylic acids is 3. The maximum atomic E-state index is 12.9. The first-order valence-corrected chi connectivity index (χ1v) is 29.9. The monoisotopic (exact) mass is 933 g/mol. The van der Waals surface area contributed by atoms with Crippen molar-refractivity contribution in [2.24, 2.45) is 5.92 Å². The van der Waals surface area contributed by atoms with Gasteiger partial charge < -0.3 is 14.2 Å². The lowest BCUT2D eigenvalue weighted by Crippen LogP contribution is -2.30. The van der Waals surface area contributed by atoms with Crippen LogP contribution >= 0.6 is 0 Å². The lowest BCUT2D eigenvalue weighted by atomic mass is 10.0. The average Bonchev–Trinajstić information content (AvgIpc) is 3.30. The predicted octanol–water partition coefficient (Wildman–Crippen LogP) is 19.8. The summed E-state index contributed by atoms with van der Waals surface area (Å²) in [5.41, 5.74) is 0. The zero-order valence-corrected chi connectivity index (χ0v) is 45.2. The molecule has 6 nitrogen and oxygen atoms in total. The van der Waals surface area contributed by atoms with E-state index in [9.17, 15) is 14.4 Å². The third-order valence-electron chi connectivity index (χ3n) is 13.8. The van der Waals surface area contributed by atoms with Gasteiger partial charge in [0.15, 0.2) is 6.10 Å². The summed E-state index contributed by atoms with van der Waals surface area (Å²) in [6.45, 7) is 9.04. The Morgan fingerprint density at radius 2 is 0.500 bits per heavy atom. The van der Waals surface area contributed by atoms with Crippen LogP contribution in [0.15, 0.2) is 0 Å². The van der Waals surface area contributed by atoms with E-state index in [1.807, 2.05) is 0 Å². The Hall–Kier alpha value is -1.59. The Labute approximate surface area is 412 Å². The highest BCUT2D eigenvalue weighted by Gasteiger charge is 2.19. The summed E-state index contributed by atoms with van der Waals surface area (Å²) in [5.74, 6) is -0.0267. The summed E-state index contributed by atoms with van der Waals surface area (Å²) in [7, 11) is 0. The fourth-order valence-corrected chi connectivity index (χ4v) is 9.28. The second-order valence-corrected chi connectivity index (χ2v) is 21.1. The SMILES string of the molecule is CCCCCCCCCCCCCCCCCCCCCC(=O)O[C@H](COC(=O)CCCCCCCCCCCCCCCCCCC)COC(=O)CCCCCCCCCCCC(C)C. The number of hydrogen-bond acceptors (Lipinski definition) is 6. The van der Waals surface area contributed by atoms with E-state index in [-0.39, 0.29) is 31.1 Å². The molecule has 0 aromatic carbocycles. The molecule has 0 aliphatic rings. The molecule has 0 spiro atoms. The molecule has 0 aromatic rings. The highest BCUT2D eigenvalue weighted by molar-refractivity contribution is 5.71. The molecule has 0 unspecified atom stereocenters. The highest BCUT2D eigenvalue weighted by Crippen LogP contribution is 2.18.